The normalized spacial score (nSPS) is 12.5. The van der Waals surface area contributed by atoms with Crippen molar-refractivity contribution in [1.29, 1.82) is 0 Å². The molecule has 3 N–H and O–H groups in total. The highest BCUT2D eigenvalue weighted by Crippen LogP contribution is 2.25. The summed E-state index contributed by atoms with van der Waals surface area (Å²) in [4.78, 5) is 11.7. The predicted octanol–water partition coefficient (Wildman–Crippen LogP) is 3.03. The molecule has 1 aromatic carbocycles. The van der Waals surface area contributed by atoms with Gasteiger partial charge in [-0.05, 0) is 30.4 Å². The molecule has 0 unspecified atom stereocenters. The van der Waals surface area contributed by atoms with Crippen LogP contribution in [0.15, 0.2) is 18.2 Å². The van der Waals surface area contributed by atoms with E-state index in [2.05, 4.69) is 5.32 Å². The molecule has 0 saturated heterocycles. The van der Waals surface area contributed by atoms with Crippen LogP contribution in [-0.2, 0) is 11.2 Å². The van der Waals surface area contributed by atoms with Crippen LogP contribution in [0.25, 0.3) is 0 Å². The molecule has 0 fully saturated rings. The Morgan fingerprint density at radius 3 is 2.68 bits per heavy atom. The highest BCUT2D eigenvalue weighted by Gasteiger charge is 2.14. The molecular weight excluding hydrogens is 283 g/mol. The van der Waals surface area contributed by atoms with Crippen molar-refractivity contribution >= 4 is 29.1 Å². The number of nitrogens with one attached hydrogen (secondary N) is 1. The first-order valence-electron chi connectivity index (χ1n) is 6.38. The SMILES string of the molecule is CC(C)C[C@H](N)C(=O)NCCc1cccc(Cl)c1Cl. The Balaban J connectivity index is 2.42. The van der Waals surface area contributed by atoms with Crippen LogP contribution in [0.2, 0.25) is 10.0 Å². The zero-order chi connectivity index (χ0) is 14.4. The first-order valence-corrected chi connectivity index (χ1v) is 7.13. The second kappa shape index (κ2) is 7.73. The summed E-state index contributed by atoms with van der Waals surface area (Å²) in [5.41, 5.74) is 6.72. The summed E-state index contributed by atoms with van der Waals surface area (Å²) in [6.07, 6.45) is 1.32. The Bertz CT molecular complexity index is 435. The molecule has 1 atom stereocenters. The highest BCUT2D eigenvalue weighted by atomic mass is 35.5. The maximum absolute atomic E-state index is 11.7. The quantitative estimate of drug-likeness (QED) is 0.848. The molecule has 0 bridgehead atoms. The number of halogens is 2. The summed E-state index contributed by atoms with van der Waals surface area (Å²) < 4.78 is 0. The van der Waals surface area contributed by atoms with Crippen LogP contribution < -0.4 is 11.1 Å². The third-order valence-corrected chi connectivity index (χ3v) is 3.65. The van der Waals surface area contributed by atoms with Crippen molar-refractivity contribution in [3.8, 4) is 0 Å². The molecular formula is C14H20Cl2N2O. The Hall–Kier alpha value is -0.770. The van der Waals surface area contributed by atoms with Gasteiger partial charge in [0.2, 0.25) is 5.91 Å². The maximum atomic E-state index is 11.7. The monoisotopic (exact) mass is 302 g/mol. The summed E-state index contributed by atoms with van der Waals surface area (Å²) in [6, 6.07) is 5.03. The van der Waals surface area contributed by atoms with E-state index in [-0.39, 0.29) is 5.91 Å². The van der Waals surface area contributed by atoms with Crippen molar-refractivity contribution in [2.45, 2.75) is 32.7 Å². The van der Waals surface area contributed by atoms with Gasteiger partial charge in [-0.2, -0.15) is 0 Å². The zero-order valence-electron chi connectivity index (χ0n) is 11.2. The van der Waals surface area contributed by atoms with Crippen molar-refractivity contribution < 1.29 is 4.79 Å². The van der Waals surface area contributed by atoms with Gasteiger partial charge >= 0.3 is 0 Å². The van der Waals surface area contributed by atoms with Gasteiger partial charge in [0, 0.05) is 6.54 Å². The molecule has 1 aromatic rings. The van der Waals surface area contributed by atoms with E-state index in [4.69, 9.17) is 28.9 Å². The molecule has 0 aliphatic rings. The molecule has 0 radical (unpaired) electrons. The molecule has 0 aliphatic heterocycles. The van der Waals surface area contributed by atoms with Crippen LogP contribution in [0.4, 0.5) is 0 Å². The predicted molar refractivity (Wildman–Crippen MR) is 80.6 cm³/mol. The smallest absolute Gasteiger partial charge is 0.236 e. The van der Waals surface area contributed by atoms with Crippen LogP contribution >= 0.6 is 23.2 Å². The fourth-order valence-corrected chi connectivity index (χ4v) is 2.22. The van der Waals surface area contributed by atoms with Crippen molar-refractivity contribution in [2.24, 2.45) is 11.7 Å². The second-order valence-corrected chi connectivity index (χ2v) is 5.78. The molecule has 106 valence electrons. The number of amides is 1. The van der Waals surface area contributed by atoms with Gasteiger partial charge in [-0.25, -0.2) is 0 Å². The van der Waals surface area contributed by atoms with Gasteiger partial charge in [-0.15, -0.1) is 0 Å². The van der Waals surface area contributed by atoms with Crippen molar-refractivity contribution in [2.75, 3.05) is 6.54 Å². The van der Waals surface area contributed by atoms with Crippen molar-refractivity contribution in [1.82, 2.24) is 5.32 Å². The van der Waals surface area contributed by atoms with E-state index >= 15 is 0 Å². The van der Waals surface area contributed by atoms with E-state index in [1.54, 1.807) is 6.07 Å². The van der Waals surface area contributed by atoms with Gasteiger partial charge in [0.15, 0.2) is 0 Å². The number of rotatable bonds is 6. The minimum Gasteiger partial charge on any atom is -0.354 e. The Kier molecular flexibility index (Phi) is 6.63. The second-order valence-electron chi connectivity index (χ2n) is 4.99. The van der Waals surface area contributed by atoms with Crippen LogP contribution in [0.1, 0.15) is 25.8 Å². The van der Waals surface area contributed by atoms with Gasteiger partial charge in [0.05, 0.1) is 16.1 Å². The van der Waals surface area contributed by atoms with Crippen LogP contribution in [0, 0.1) is 5.92 Å². The van der Waals surface area contributed by atoms with Gasteiger partial charge in [0.25, 0.3) is 0 Å². The standard InChI is InChI=1S/C14H20Cl2N2O/c1-9(2)8-12(17)14(19)18-7-6-10-4-3-5-11(15)13(10)16/h3-5,9,12H,6-8,17H2,1-2H3,(H,18,19)/t12-/m0/s1. The lowest BCUT2D eigenvalue weighted by molar-refractivity contribution is -0.122. The number of nitrogens with two attached hydrogens (primary N) is 1. The van der Waals surface area contributed by atoms with E-state index in [1.165, 1.54) is 0 Å². The molecule has 0 aromatic heterocycles. The van der Waals surface area contributed by atoms with Crippen molar-refractivity contribution in [3.05, 3.63) is 33.8 Å². The summed E-state index contributed by atoms with van der Waals surface area (Å²) in [5.74, 6) is 0.287. The Labute approximate surface area is 124 Å². The van der Waals surface area contributed by atoms with Crippen LogP contribution in [-0.4, -0.2) is 18.5 Å². The van der Waals surface area contributed by atoms with Crippen LogP contribution in [0.3, 0.4) is 0 Å². The van der Waals surface area contributed by atoms with E-state index in [1.807, 2.05) is 26.0 Å². The first kappa shape index (κ1) is 16.3. The zero-order valence-corrected chi connectivity index (χ0v) is 12.8. The average Bonchev–Trinajstić information content (AvgIpc) is 2.33. The molecule has 0 aliphatic carbocycles. The van der Waals surface area contributed by atoms with Gasteiger partial charge in [-0.1, -0.05) is 49.2 Å². The van der Waals surface area contributed by atoms with Crippen molar-refractivity contribution in [3.63, 3.8) is 0 Å². The highest BCUT2D eigenvalue weighted by molar-refractivity contribution is 6.42. The first-order chi connectivity index (χ1) is 8.91. The third-order valence-electron chi connectivity index (χ3n) is 2.79. The minimum absolute atomic E-state index is 0.119. The largest absolute Gasteiger partial charge is 0.354 e. The number of carbonyl (C=O) groups is 1. The van der Waals surface area contributed by atoms with E-state index in [0.717, 1.165) is 5.56 Å². The summed E-state index contributed by atoms with van der Waals surface area (Å²) in [6.45, 7) is 4.59. The average molecular weight is 303 g/mol. The van der Waals surface area contributed by atoms with E-state index in [0.29, 0.717) is 35.3 Å². The number of carbonyl (C=O) groups excluding carboxylic acids is 1. The lowest BCUT2D eigenvalue weighted by Gasteiger charge is -2.14. The summed E-state index contributed by atoms with van der Waals surface area (Å²) in [7, 11) is 0. The third kappa shape index (κ3) is 5.39. The molecule has 5 heteroatoms. The lowest BCUT2D eigenvalue weighted by atomic mass is 10.0. The van der Waals surface area contributed by atoms with E-state index < -0.39 is 6.04 Å². The summed E-state index contributed by atoms with van der Waals surface area (Å²) in [5, 5.41) is 3.89. The fraction of sp³-hybridized carbons (Fsp3) is 0.500. The molecule has 19 heavy (non-hydrogen) atoms. The number of hydrogen-bond acceptors (Lipinski definition) is 2. The van der Waals surface area contributed by atoms with E-state index in [9.17, 15) is 4.79 Å². The molecule has 0 saturated carbocycles. The van der Waals surface area contributed by atoms with Gasteiger partial charge < -0.3 is 11.1 Å². The van der Waals surface area contributed by atoms with Gasteiger partial charge in [0.1, 0.15) is 0 Å². The molecule has 1 amide bonds. The maximum Gasteiger partial charge on any atom is 0.236 e. The molecule has 0 spiro atoms. The topological polar surface area (TPSA) is 55.1 Å². The molecule has 3 nitrogen and oxygen atoms in total. The van der Waals surface area contributed by atoms with Gasteiger partial charge in [-0.3, -0.25) is 4.79 Å². The number of hydrogen-bond donors (Lipinski definition) is 2. The molecule has 0 heterocycles. The lowest BCUT2D eigenvalue weighted by Crippen LogP contribution is -2.42. The number of benzene rings is 1. The minimum atomic E-state index is -0.449. The molecule has 1 rings (SSSR count). The summed E-state index contributed by atoms with van der Waals surface area (Å²) >= 11 is 12.0. The Morgan fingerprint density at radius 1 is 1.37 bits per heavy atom. The Morgan fingerprint density at radius 2 is 2.05 bits per heavy atom. The van der Waals surface area contributed by atoms with Crippen LogP contribution in [0.5, 0.6) is 0 Å². The fourth-order valence-electron chi connectivity index (χ4n) is 1.81.